The predicted octanol–water partition coefficient (Wildman–Crippen LogP) is 1.93. The van der Waals surface area contributed by atoms with Crippen molar-refractivity contribution in [3.8, 4) is 11.5 Å². The van der Waals surface area contributed by atoms with Crippen LogP contribution in [0.15, 0.2) is 16.6 Å². The van der Waals surface area contributed by atoms with Gasteiger partial charge in [0.1, 0.15) is 0 Å². The quantitative estimate of drug-likeness (QED) is 0.883. The standard InChI is InChI=1S/C13H17BrO5S/c1-18-11-5-9(10(14)6-12(11)19-2)13(15)8-3-4-20(16,17)7-8/h5-6,8,13,15H,3-4,7H2,1-2H3. The lowest BCUT2D eigenvalue weighted by molar-refractivity contribution is 0.120. The summed E-state index contributed by atoms with van der Waals surface area (Å²) in [7, 11) is 0.0264. The third-order valence-electron chi connectivity index (χ3n) is 3.54. The van der Waals surface area contributed by atoms with Crippen molar-refractivity contribution in [3.05, 3.63) is 22.2 Å². The van der Waals surface area contributed by atoms with Crippen molar-refractivity contribution in [2.75, 3.05) is 25.7 Å². The summed E-state index contributed by atoms with van der Waals surface area (Å²) in [5, 5.41) is 10.4. The monoisotopic (exact) mass is 364 g/mol. The molecule has 1 aliphatic rings. The van der Waals surface area contributed by atoms with Gasteiger partial charge in [-0.25, -0.2) is 8.42 Å². The zero-order valence-electron chi connectivity index (χ0n) is 11.3. The highest BCUT2D eigenvalue weighted by Crippen LogP contribution is 2.40. The van der Waals surface area contributed by atoms with E-state index in [9.17, 15) is 13.5 Å². The lowest BCUT2D eigenvalue weighted by Gasteiger charge is -2.20. The number of methoxy groups -OCH3 is 2. The van der Waals surface area contributed by atoms with Crippen LogP contribution in [0.3, 0.4) is 0 Å². The zero-order chi connectivity index (χ0) is 14.9. The van der Waals surface area contributed by atoms with Crippen LogP contribution in [-0.4, -0.2) is 39.2 Å². The molecule has 1 aromatic carbocycles. The molecule has 0 bridgehead atoms. The third kappa shape index (κ3) is 3.10. The third-order valence-corrected chi connectivity index (χ3v) is 6.02. The Morgan fingerprint density at radius 1 is 1.30 bits per heavy atom. The number of benzene rings is 1. The second-order valence-corrected chi connectivity index (χ2v) is 7.92. The molecule has 1 aromatic rings. The number of halogens is 1. The average molecular weight is 365 g/mol. The van der Waals surface area contributed by atoms with Gasteiger partial charge in [0.15, 0.2) is 21.3 Å². The Hall–Kier alpha value is -0.790. The lowest BCUT2D eigenvalue weighted by atomic mass is 9.95. The van der Waals surface area contributed by atoms with Gasteiger partial charge in [-0.3, -0.25) is 0 Å². The van der Waals surface area contributed by atoms with Crippen molar-refractivity contribution < 1.29 is 23.0 Å². The Balaban J connectivity index is 2.33. The summed E-state index contributed by atoms with van der Waals surface area (Å²) in [4.78, 5) is 0. The van der Waals surface area contributed by atoms with Crippen molar-refractivity contribution in [2.24, 2.45) is 5.92 Å². The number of aliphatic hydroxyl groups excluding tert-OH is 1. The molecule has 5 nitrogen and oxygen atoms in total. The molecule has 2 rings (SSSR count). The van der Waals surface area contributed by atoms with E-state index in [0.29, 0.717) is 28.0 Å². The van der Waals surface area contributed by atoms with Gasteiger partial charge in [-0.05, 0) is 24.1 Å². The Bertz CT molecular complexity index is 599. The fourth-order valence-corrected chi connectivity index (χ4v) is 4.81. The minimum atomic E-state index is -3.02. The van der Waals surface area contributed by atoms with Crippen LogP contribution >= 0.6 is 15.9 Å². The van der Waals surface area contributed by atoms with Crippen LogP contribution in [0.4, 0.5) is 0 Å². The minimum Gasteiger partial charge on any atom is -0.493 e. The number of ether oxygens (including phenoxy) is 2. The first-order valence-corrected chi connectivity index (χ1v) is 8.79. The van der Waals surface area contributed by atoms with E-state index in [-0.39, 0.29) is 17.4 Å². The molecule has 1 fully saturated rings. The van der Waals surface area contributed by atoms with Gasteiger partial charge >= 0.3 is 0 Å². The SMILES string of the molecule is COc1cc(Br)c(C(O)C2CCS(=O)(=O)C2)cc1OC. The van der Waals surface area contributed by atoms with Gasteiger partial charge in [0, 0.05) is 10.4 Å². The number of hydrogen-bond donors (Lipinski definition) is 1. The van der Waals surface area contributed by atoms with E-state index in [0.717, 1.165) is 0 Å². The molecule has 2 atom stereocenters. The van der Waals surface area contributed by atoms with Crippen LogP contribution in [0.5, 0.6) is 11.5 Å². The lowest BCUT2D eigenvalue weighted by Crippen LogP contribution is -2.15. The maximum Gasteiger partial charge on any atom is 0.161 e. The molecule has 112 valence electrons. The van der Waals surface area contributed by atoms with Gasteiger partial charge in [-0.15, -0.1) is 0 Å². The van der Waals surface area contributed by atoms with Crippen LogP contribution < -0.4 is 9.47 Å². The van der Waals surface area contributed by atoms with E-state index in [4.69, 9.17) is 9.47 Å². The Morgan fingerprint density at radius 3 is 2.40 bits per heavy atom. The Labute approximate surface area is 126 Å². The predicted molar refractivity (Wildman–Crippen MR) is 79.0 cm³/mol. The second kappa shape index (κ2) is 5.91. The van der Waals surface area contributed by atoms with Crippen molar-refractivity contribution in [3.63, 3.8) is 0 Å². The zero-order valence-corrected chi connectivity index (χ0v) is 13.7. The maximum atomic E-state index is 11.5. The molecule has 20 heavy (non-hydrogen) atoms. The topological polar surface area (TPSA) is 72.8 Å². The first-order chi connectivity index (χ1) is 9.38. The van der Waals surface area contributed by atoms with Gasteiger partial charge in [-0.1, -0.05) is 15.9 Å². The van der Waals surface area contributed by atoms with Crippen LogP contribution in [-0.2, 0) is 9.84 Å². The Morgan fingerprint density at radius 2 is 1.90 bits per heavy atom. The molecule has 0 aliphatic carbocycles. The molecule has 0 saturated carbocycles. The minimum absolute atomic E-state index is 0.0228. The number of rotatable bonds is 4. The van der Waals surface area contributed by atoms with Crippen LogP contribution in [0, 0.1) is 5.92 Å². The van der Waals surface area contributed by atoms with Gasteiger partial charge in [0.25, 0.3) is 0 Å². The van der Waals surface area contributed by atoms with Gasteiger partial charge < -0.3 is 14.6 Å². The molecule has 0 spiro atoms. The normalized spacial score (nSPS) is 22.5. The summed E-state index contributed by atoms with van der Waals surface area (Å²) < 4.78 is 34.1. The molecule has 1 N–H and O–H groups in total. The van der Waals surface area contributed by atoms with E-state index in [1.807, 2.05) is 0 Å². The van der Waals surface area contributed by atoms with Gasteiger partial charge in [0.05, 0.1) is 31.8 Å². The van der Waals surface area contributed by atoms with Crippen molar-refractivity contribution in [1.82, 2.24) is 0 Å². The smallest absolute Gasteiger partial charge is 0.161 e. The molecule has 1 heterocycles. The molecule has 0 radical (unpaired) electrons. The molecular weight excluding hydrogens is 348 g/mol. The first-order valence-electron chi connectivity index (χ1n) is 6.18. The van der Waals surface area contributed by atoms with Gasteiger partial charge in [-0.2, -0.15) is 0 Å². The maximum absolute atomic E-state index is 11.5. The summed E-state index contributed by atoms with van der Waals surface area (Å²) in [6, 6.07) is 3.39. The van der Waals surface area contributed by atoms with E-state index < -0.39 is 15.9 Å². The van der Waals surface area contributed by atoms with Crippen molar-refractivity contribution in [1.29, 1.82) is 0 Å². The van der Waals surface area contributed by atoms with Crippen LogP contribution in [0.1, 0.15) is 18.1 Å². The average Bonchev–Trinajstić information content (AvgIpc) is 2.78. The molecule has 1 saturated heterocycles. The summed E-state index contributed by atoms with van der Waals surface area (Å²) in [5.74, 6) is 0.934. The highest BCUT2D eigenvalue weighted by molar-refractivity contribution is 9.10. The summed E-state index contributed by atoms with van der Waals surface area (Å²) in [6.45, 7) is 0. The molecule has 7 heteroatoms. The Kier molecular flexibility index (Phi) is 4.61. The highest BCUT2D eigenvalue weighted by atomic mass is 79.9. The summed E-state index contributed by atoms with van der Waals surface area (Å²) in [6.07, 6.45) is -0.369. The van der Waals surface area contributed by atoms with Crippen molar-refractivity contribution >= 4 is 25.8 Å². The van der Waals surface area contributed by atoms with E-state index >= 15 is 0 Å². The number of sulfone groups is 1. The van der Waals surface area contributed by atoms with E-state index in [2.05, 4.69) is 15.9 Å². The molecular formula is C13H17BrO5S. The second-order valence-electron chi connectivity index (χ2n) is 4.84. The van der Waals surface area contributed by atoms with Crippen LogP contribution in [0.25, 0.3) is 0 Å². The number of aliphatic hydroxyl groups is 1. The molecule has 0 aromatic heterocycles. The molecule has 2 unspecified atom stereocenters. The fourth-order valence-electron chi connectivity index (χ4n) is 2.42. The van der Waals surface area contributed by atoms with E-state index in [1.54, 1.807) is 12.1 Å². The first kappa shape index (κ1) is 15.6. The largest absolute Gasteiger partial charge is 0.493 e. The molecule has 1 aliphatic heterocycles. The molecule has 0 amide bonds. The van der Waals surface area contributed by atoms with Crippen molar-refractivity contribution in [2.45, 2.75) is 12.5 Å². The van der Waals surface area contributed by atoms with Crippen LogP contribution in [0.2, 0.25) is 0 Å². The van der Waals surface area contributed by atoms with Gasteiger partial charge in [0.2, 0.25) is 0 Å². The summed E-state index contributed by atoms with van der Waals surface area (Å²) >= 11 is 3.38. The van der Waals surface area contributed by atoms with E-state index in [1.165, 1.54) is 14.2 Å². The summed E-state index contributed by atoms with van der Waals surface area (Å²) in [5.41, 5.74) is 0.616. The number of hydrogen-bond acceptors (Lipinski definition) is 5. The fraction of sp³-hybridized carbons (Fsp3) is 0.538. The highest BCUT2D eigenvalue weighted by Gasteiger charge is 2.34.